The molecule has 1 aromatic carbocycles. The molecule has 0 saturated heterocycles. The van der Waals surface area contributed by atoms with Crippen LogP contribution in [0.4, 0.5) is 0 Å². The van der Waals surface area contributed by atoms with Crippen LogP contribution in [0.3, 0.4) is 0 Å². The van der Waals surface area contributed by atoms with E-state index in [-0.39, 0.29) is 11.4 Å². The second kappa shape index (κ2) is 4.57. The van der Waals surface area contributed by atoms with Crippen LogP contribution in [0.5, 0.6) is 5.75 Å². The molecular formula is C11H8N4O2S2. The van der Waals surface area contributed by atoms with Crippen LogP contribution < -0.4 is 11.3 Å². The van der Waals surface area contributed by atoms with E-state index in [0.29, 0.717) is 10.0 Å². The lowest BCUT2D eigenvalue weighted by molar-refractivity contribution is 0.0949. The highest BCUT2D eigenvalue weighted by Gasteiger charge is 2.14. The highest BCUT2D eigenvalue weighted by atomic mass is 32.1. The summed E-state index contributed by atoms with van der Waals surface area (Å²) in [7, 11) is 0. The summed E-state index contributed by atoms with van der Waals surface area (Å²) in [6.07, 6.45) is 0. The fraction of sp³-hybridized carbons (Fsp3) is 0. The number of thiazole rings is 2. The molecule has 0 aliphatic heterocycles. The van der Waals surface area contributed by atoms with Gasteiger partial charge in [0.15, 0.2) is 10.0 Å². The van der Waals surface area contributed by atoms with Crippen molar-refractivity contribution in [3.05, 3.63) is 29.3 Å². The Kier molecular flexibility index (Phi) is 2.90. The third-order valence-corrected chi connectivity index (χ3v) is 4.43. The number of hydrogen-bond donors (Lipinski definition) is 3. The minimum absolute atomic E-state index is 0.199. The van der Waals surface area contributed by atoms with E-state index in [2.05, 4.69) is 9.97 Å². The number of carbonyl (C=O) groups is 1. The van der Waals surface area contributed by atoms with E-state index < -0.39 is 5.91 Å². The summed E-state index contributed by atoms with van der Waals surface area (Å²) in [5.74, 6) is 4.82. The molecule has 8 heteroatoms. The maximum Gasteiger partial charge on any atom is 0.284 e. The molecule has 0 bridgehead atoms. The zero-order chi connectivity index (χ0) is 13.4. The van der Waals surface area contributed by atoms with Crippen molar-refractivity contribution in [2.75, 3.05) is 0 Å². The molecule has 2 aromatic heterocycles. The molecule has 96 valence electrons. The largest absolute Gasteiger partial charge is 0.508 e. The second-order valence-electron chi connectivity index (χ2n) is 3.68. The van der Waals surface area contributed by atoms with Gasteiger partial charge in [-0.1, -0.05) is 0 Å². The number of benzene rings is 1. The lowest BCUT2D eigenvalue weighted by Gasteiger charge is -1.91. The topological polar surface area (TPSA) is 101 Å². The molecule has 3 rings (SSSR count). The molecule has 4 N–H and O–H groups in total. The molecule has 3 aromatic rings. The summed E-state index contributed by atoms with van der Waals surface area (Å²) in [5, 5.41) is 12.4. The third kappa shape index (κ3) is 2.16. The van der Waals surface area contributed by atoms with Crippen LogP contribution >= 0.6 is 22.7 Å². The average molecular weight is 292 g/mol. The van der Waals surface area contributed by atoms with Gasteiger partial charge in [0, 0.05) is 5.38 Å². The minimum atomic E-state index is -0.429. The fourth-order valence-electron chi connectivity index (χ4n) is 1.55. The first kappa shape index (κ1) is 12.0. The quantitative estimate of drug-likeness (QED) is 0.379. The van der Waals surface area contributed by atoms with E-state index in [1.165, 1.54) is 22.7 Å². The molecule has 0 radical (unpaired) electrons. The first-order chi connectivity index (χ1) is 9.17. The van der Waals surface area contributed by atoms with Gasteiger partial charge in [-0.2, -0.15) is 0 Å². The van der Waals surface area contributed by atoms with E-state index in [9.17, 15) is 9.90 Å². The first-order valence-corrected chi connectivity index (χ1v) is 6.93. The van der Waals surface area contributed by atoms with Crippen molar-refractivity contribution in [2.45, 2.75) is 0 Å². The number of nitrogens with two attached hydrogens (primary N) is 1. The van der Waals surface area contributed by atoms with E-state index in [1.807, 2.05) is 5.43 Å². The van der Waals surface area contributed by atoms with Gasteiger partial charge in [-0.25, -0.2) is 15.8 Å². The fourth-order valence-corrected chi connectivity index (χ4v) is 3.39. The Morgan fingerprint density at radius 3 is 2.95 bits per heavy atom. The van der Waals surface area contributed by atoms with Crippen molar-refractivity contribution in [1.29, 1.82) is 0 Å². The van der Waals surface area contributed by atoms with Gasteiger partial charge in [-0.3, -0.25) is 10.2 Å². The number of amides is 1. The van der Waals surface area contributed by atoms with Crippen molar-refractivity contribution < 1.29 is 9.90 Å². The van der Waals surface area contributed by atoms with E-state index in [4.69, 9.17) is 5.84 Å². The summed E-state index contributed by atoms with van der Waals surface area (Å²) >= 11 is 2.73. The molecule has 0 spiro atoms. The summed E-state index contributed by atoms with van der Waals surface area (Å²) in [4.78, 5) is 19.9. The Bertz CT molecular complexity index is 765. The molecule has 0 aliphatic rings. The lowest BCUT2D eigenvalue weighted by Crippen LogP contribution is -2.30. The zero-order valence-corrected chi connectivity index (χ0v) is 11.1. The Morgan fingerprint density at radius 2 is 2.16 bits per heavy atom. The lowest BCUT2D eigenvalue weighted by atomic mass is 10.3. The molecule has 0 atom stereocenters. The SMILES string of the molecule is NNC(=O)c1csc(-c2nc3ccc(O)cc3s2)n1. The van der Waals surface area contributed by atoms with Gasteiger partial charge < -0.3 is 5.11 Å². The monoisotopic (exact) mass is 292 g/mol. The van der Waals surface area contributed by atoms with Crippen molar-refractivity contribution in [3.8, 4) is 15.8 Å². The maximum atomic E-state index is 11.3. The Balaban J connectivity index is 2.04. The highest BCUT2D eigenvalue weighted by Crippen LogP contribution is 2.33. The Labute approximate surface area is 115 Å². The number of nitrogen functional groups attached to an aromatic ring is 1. The van der Waals surface area contributed by atoms with Crippen LogP contribution in [0, 0.1) is 0 Å². The first-order valence-electron chi connectivity index (χ1n) is 5.24. The Hall–Kier alpha value is -2.03. The van der Waals surface area contributed by atoms with Gasteiger partial charge in [0.1, 0.15) is 11.4 Å². The van der Waals surface area contributed by atoms with Gasteiger partial charge in [0.2, 0.25) is 0 Å². The van der Waals surface area contributed by atoms with E-state index in [0.717, 1.165) is 10.2 Å². The molecular weight excluding hydrogens is 284 g/mol. The van der Waals surface area contributed by atoms with Gasteiger partial charge in [-0.15, -0.1) is 22.7 Å². The molecule has 19 heavy (non-hydrogen) atoms. The third-order valence-electron chi connectivity index (χ3n) is 2.42. The van der Waals surface area contributed by atoms with Crippen molar-refractivity contribution >= 4 is 38.8 Å². The standard InChI is InChI=1S/C11H8N4O2S2/c12-15-9(17)7-4-18-10(14-7)11-13-6-2-1-5(16)3-8(6)19-11/h1-4,16H,12H2,(H,15,17). The molecule has 0 fully saturated rings. The van der Waals surface area contributed by atoms with Gasteiger partial charge in [-0.05, 0) is 18.2 Å². The smallest absolute Gasteiger partial charge is 0.284 e. The molecule has 1 amide bonds. The number of fused-ring (bicyclic) bond motifs is 1. The summed E-state index contributed by atoms with van der Waals surface area (Å²) in [6.45, 7) is 0. The highest BCUT2D eigenvalue weighted by molar-refractivity contribution is 7.25. The normalized spacial score (nSPS) is 10.8. The predicted molar refractivity (Wildman–Crippen MR) is 74.0 cm³/mol. The number of hydrazine groups is 1. The number of aromatic nitrogens is 2. The predicted octanol–water partition coefficient (Wildman–Crippen LogP) is 1.73. The minimum Gasteiger partial charge on any atom is -0.508 e. The second-order valence-corrected chi connectivity index (χ2v) is 5.57. The summed E-state index contributed by atoms with van der Waals surface area (Å²) in [6, 6.07) is 4.98. The number of phenolic OH excluding ortho intramolecular Hbond substituents is 1. The summed E-state index contributed by atoms with van der Waals surface area (Å²) < 4.78 is 0.870. The van der Waals surface area contributed by atoms with Crippen molar-refractivity contribution in [3.63, 3.8) is 0 Å². The molecule has 2 heterocycles. The molecule has 0 unspecified atom stereocenters. The number of phenols is 1. The van der Waals surface area contributed by atoms with Crippen LogP contribution in [-0.4, -0.2) is 21.0 Å². The van der Waals surface area contributed by atoms with Crippen LogP contribution in [0.1, 0.15) is 10.5 Å². The molecule has 0 saturated carbocycles. The van der Waals surface area contributed by atoms with Gasteiger partial charge in [0.05, 0.1) is 10.2 Å². The van der Waals surface area contributed by atoms with Gasteiger partial charge >= 0.3 is 0 Å². The average Bonchev–Trinajstić information content (AvgIpc) is 3.03. The number of rotatable bonds is 2. The van der Waals surface area contributed by atoms with Crippen molar-refractivity contribution in [2.24, 2.45) is 5.84 Å². The molecule has 6 nitrogen and oxygen atoms in total. The summed E-state index contributed by atoms with van der Waals surface area (Å²) in [5.41, 5.74) is 3.09. The van der Waals surface area contributed by atoms with E-state index in [1.54, 1.807) is 23.6 Å². The zero-order valence-electron chi connectivity index (χ0n) is 9.45. The Morgan fingerprint density at radius 1 is 1.32 bits per heavy atom. The van der Waals surface area contributed by atoms with Crippen LogP contribution in [0.25, 0.3) is 20.2 Å². The van der Waals surface area contributed by atoms with Crippen LogP contribution in [-0.2, 0) is 0 Å². The number of nitrogens with one attached hydrogen (secondary N) is 1. The van der Waals surface area contributed by atoms with E-state index >= 15 is 0 Å². The maximum absolute atomic E-state index is 11.3. The van der Waals surface area contributed by atoms with Crippen LogP contribution in [0.2, 0.25) is 0 Å². The van der Waals surface area contributed by atoms with Crippen molar-refractivity contribution in [1.82, 2.24) is 15.4 Å². The van der Waals surface area contributed by atoms with Crippen LogP contribution in [0.15, 0.2) is 23.6 Å². The number of nitrogens with zero attached hydrogens (tertiary/aromatic N) is 2. The number of hydrogen-bond acceptors (Lipinski definition) is 7. The molecule has 0 aliphatic carbocycles. The number of carbonyl (C=O) groups excluding carboxylic acids is 1. The number of aromatic hydroxyl groups is 1. The van der Waals surface area contributed by atoms with Gasteiger partial charge in [0.25, 0.3) is 5.91 Å².